The van der Waals surface area contributed by atoms with Crippen molar-refractivity contribution in [3.63, 3.8) is 0 Å². The van der Waals surface area contributed by atoms with Gasteiger partial charge in [-0.15, -0.1) is 0 Å². The fourth-order valence-corrected chi connectivity index (χ4v) is 4.95. The van der Waals surface area contributed by atoms with Gasteiger partial charge in [0.2, 0.25) is 0 Å². The van der Waals surface area contributed by atoms with Gasteiger partial charge in [0, 0.05) is 51.3 Å². The number of carbonyl (C=O) groups excluding carboxylic acids is 2. The van der Waals surface area contributed by atoms with E-state index < -0.39 is 11.8 Å². The molecule has 0 aromatic carbocycles. The summed E-state index contributed by atoms with van der Waals surface area (Å²) >= 11 is 0. The molecule has 4 rings (SSSR count). The van der Waals surface area contributed by atoms with Crippen LogP contribution in [0.15, 0.2) is 0 Å². The number of piperazine rings is 1. The maximum atomic E-state index is 12.6. The highest BCUT2D eigenvalue weighted by Crippen LogP contribution is 2.37. The monoisotopic (exact) mass is 469 g/mol. The fourth-order valence-electron chi connectivity index (χ4n) is 4.95. The van der Waals surface area contributed by atoms with Gasteiger partial charge >= 0.3 is 11.8 Å². The van der Waals surface area contributed by atoms with Crippen molar-refractivity contribution in [1.82, 2.24) is 15.2 Å². The van der Waals surface area contributed by atoms with Crippen molar-refractivity contribution in [3.8, 4) is 6.07 Å². The van der Waals surface area contributed by atoms with E-state index >= 15 is 0 Å². The molecule has 2 fully saturated rings. The number of nitriles is 1. The highest BCUT2D eigenvalue weighted by Gasteiger charge is 2.34. The summed E-state index contributed by atoms with van der Waals surface area (Å²) in [6, 6.07) is 2.40. The van der Waals surface area contributed by atoms with Crippen LogP contribution in [-0.2, 0) is 32.1 Å². The van der Waals surface area contributed by atoms with Crippen LogP contribution in [0.2, 0.25) is 0 Å². The van der Waals surface area contributed by atoms with Crippen molar-refractivity contribution in [2.75, 3.05) is 44.2 Å². The van der Waals surface area contributed by atoms with Gasteiger partial charge in [-0.05, 0) is 38.2 Å². The van der Waals surface area contributed by atoms with Crippen LogP contribution in [0, 0.1) is 11.3 Å². The van der Waals surface area contributed by atoms with Gasteiger partial charge < -0.3 is 24.6 Å². The van der Waals surface area contributed by atoms with Crippen molar-refractivity contribution in [1.29, 1.82) is 5.26 Å². The molecule has 0 saturated carbocycles. The third-order valence-corrected chi connectivity index (χ3v) is 6.87. The maximum absolute atomic E-state index is 12.6. The standard InChI is InChI=1S/C25H35N5O4/c1-16(2)21-20-15-34-25(3,4)12-18(20)19(13-26)22(28-21)29-7-9-30(10-8-29)24(32)23(31)27-14-17-6-5-11-33-17/h16-17H,5-12,14-15H2,1-4H3,(H,27,31)/t17-/m1/s1. The van der Waals surface area contributed by atoms with Gasteiger partial charge in [-0.2, -0.15) is 5.26 Å². The number of fused-ring (bicyclic) bond motifs is 1. The third kappa shape index (κ3) is 5.03. The molecule has 4 heterocycles. The molecule has 9 nitrogen and oxygen atoms in total. The van der Waals surface area contributed by atoms with E-state index in [2.05, 4.69) is 30.1 Å². The lowest BCUT2D eigenvalue weighted by Gasteiger charge is -2.38. The van der Waals surface area contributed by atoms with E-state index in [0.717, 1.165) is 29.7 Å². The second-order valence-corrected chi connectivity index (χ2v) is 10.3. The number of nitrogens with one attached hydrogen (secondary N) is 1. The molecule has 1 aromatic rings. The van der Waals surface area contributed by atoms with Crippen molar-refractivity contribution in [3.05, 3.63) is 22.4 Å². The Bertz CT molecular complexity index is 986. The van der Waals surface area contributed by atoms with Gasteiger partial charge in [0.05, 0.1) is 29.6 Å². The van der Waals surface area contributed by atoms with Crippen molar-refractivity contribution < 1.29 is 19.1 Å². The molecule has 3 aliphatic heterocycles. The van der Waals surface area contributed by atoms with Crippen molar-refractivity contribution in [2.24, 2.45) is 0 Å². The number of hydrogen-bond acceptors (Lipinski definition) is 7. The van der Waals surface area contributed by atoms with Crippen LogP contribution in [0.1, 0.15) is 68.8 Å². The first kappa shape index (κ1) is 24.4. The summed E-state index contributed by atoms with van der Waals surface area (Å²) in [5.41, 5.74) is 3.29. The Kier molecular flexibility index (Phi) is 7.10. The SMILES string of the molecule is CC(C)c1nc(N2CCN(C(=O)C(=O)NC[C@H]3CCCO3)CC2)c(C#N)c2c1COC(C)(C)C2. The normalized spacial score (nSPS) is 21.8. The molecule has 1 atom stereocenters. The van der Waals surface area contributed by atoms with E-state index in [1.54, 1.807) is 4.90 Å². The number of amides is 2. The minimum atomic E-state index is -0.585. The fraction of sp³-hybridized carbons (Fsp3) is 0.680. The number of hydrogen-bond donors (Lipinski definition) is 1. The largest absolute Gasteiger partial charge is 0.376 e. The molecule has 1 aromatic heterocycles. The molecule has 0 bridgehead atoms. The quantitative estimate of drug-likeness (QED) is 0.671. The number of rotatable bonds is 4. The molecule has 0 aliphatic carbocycles. The number of carbonyl (C=O) groups is 2. The highest BCUT2D eigenvalue weighted by molar-refractivity contribution is 6.35. The molecular weight excluding hydrogens is 434 g/mol. The van der Waals surface area contributed by atoms with Crippen LogP contribution in [0.5, 0.6) is 0 Å². The molecular formula is C25H35N5O4. The molecule has 0 spiro atoms. The van der Waals surface area contributed by atoms with E-state index in [1.807, 2.05) is 13.8 Å². The summed E-state index contributed by atoms with van der Waals surface area (Å²) in [6.07, 6.45) is 2.55. The molecule has 0 unspecified atom stereocenters. The van der Waals surface area contributed by atoms with E-state index in [4.69, 9.17) is 14.5 Å². The Hall–Kier alpha value is -2.70. The zero-order valence-electron chi connectivity index (χ0n) is 20.6. The first-order valence-corrected chi connectivity index (χ1v) is 12.2. The number of anilines is 1. The van der Waals surface area contributed by atoms with Crippen LogP contribution in [-0.4, -0.2) is 72.7 Å². The predicted octanol–water partition coefficient (Wildman–Crippen LogP) is 1.87. The Morgan fingerprint density at radius 2 is 1.97 bits per heavy atom. The number of nitrogens with zero attached hydrogens (tertiary/aromatic N) is 4. The van der Waals surface area contributed by atoms with E-state index in [0.29, 0.717) is 63.7 Å². The minimum Gasteiger partial charge on any atom is -0.376 e. The Morgan fingerprint density at radius 1 is 1.24 bits per heavy atom. The van der Waals surface area contributed by atoms with Crippen LogP contribution in [0.25, 0.3) is 0 Å². The number of ether oxygens (including phenoxy) is 2. The van der Waals surface area contributed by atoms with Gasteiger partial charge in [-0.1, -0.05) is 13.8 Å². The topological polar surface area (TPSA) is 108 Å². The molecule has 1 N–H and O–H groups in total. The number of pyridine rings is 1. The second kappa shape index (κ2) is 9.88. The van der Waals surface area contributed by atoms with Crippen molar-refractivity contribution in [2.45, 2.75) is 71.2 Å². The first-order chi connectivity index (χ1) is 16.2. The number of aromatic nitrogens is 1. The average Bonchev–Trinajstić information content (AvgIpc) is 3.34. The van der Waals surface area contributed by atoms with Crippen LogP contribution in [0.4, 0.5) is 5.82 Å². The first-order valence-electron chi connectivity index (χ1n) is 12.2. The lowest BCUT2D eigenvalue weighted by Crippen LogP contribution is -2.53. The molecule has 2 saturated heterocycles. The average molecular weight is 470 g/mol. The zero-order chi connectivity index (χ0) is 24.5. The van der Waals surface area contributed by atoms with E-state index in [-0.39, 0.29) is 17.6 Å². The minimum absolute atomic E-state index is 0.00128. The van der Waals surface area contributed by atoms with Gasteiger partial charge in [0.25, 0.3) is 0 Å². The molecule has 184 valence electrons. The highest BCUT2D eigenvalue weighted by atomic mass is 16.5. The molecule has 34 heavy (non-hydrogen) atoms. The summed E-state index contributed by atoms with van der Waals surface area (Å²) in [5, 5.41) is 12.8. The molecule has 9 heteroatoms. The predicted molar refractivity (Wildman–Crippen MR) is 126 cm³/mol. The second-order valence-electron chi connectivity index (χ2n) is 10.3. The summed E-state index contributed by atoms with van der Waals surface area (Å²) in [6.45, 7) is 11.7. The van der Waals surface area contributed by atoms with Crippen molar-refractivity contribution >= 4 is 17.6 Å². The molecule has 2 amide bonds. The Morgan fingerprint density at radius 3 is 2.59 bits per heavy atom. The van der Waals surface area contributed by atoms with Gasteiger partial charge in [-0.25, -0.2) is 4.98 Å². The third-order valence-electron chi connectivity index (χ3n) is 6.87. The Balaban J connectivity index is 1.47. The van der Waals surface area contributed by atoms with Gasteiger partial charge in [0.1, 0.15) is 11.9 Å². The summed E-state index contributed by atoms with van der Waals surface area (Å²) in [7, 11) is 0. The smallest absolute Gasteiger partial charge is 0.312 e. The summed E-state index contributed by atoms with van der Waals surface area (Å²) in [4.78, 5) is 33.6. The molecule has 3 aliphatic rings. The van der Waals surface area contributed by atoms with Crippen LogP contribution < -0.4 is 10.2 Å². The van der Waals surface area contributed by atoms with Crippen LogP contribution in [0.3, 0.4) is 0 Å². The van der Waals surface area contributed by atoms with Gasteiger partial charge in [-0.3, -0.25) is 9.59 Å². The lowest BCUT2D eigenvalue weighted by molar-refractivity contribution is -0.146. The molecule has 0 radical (unpaired) electrons. The van der Waals surface area contributed by atoms with E-state index in [1.165, 1.54) is 0 Å². The zero-order valence-corrected chi connectivity index (χ0v) is 20.6. The van der Waals surface area contributed by atoms with Gasteiger partial charge in [0.15, 0.2) is 0 Å². The van der Waals surface area contributed by atoms with Crippen LogP contribution >= 0.6 is 0 Å². The Labute approximate surface area is 201 Å². The maximum Gasteiger partial charge on any atom is 0.312 e. The summed E-state index contributed by atoms with van der Waals surface area (Å²) in [5.74, 6) is -0.228. The van der Waals surface area contributed by atoms with E-state index in [9.17, 15) is 14.9 Å². The lowest BCUT2D eigenvalue weighted by atomic mass is 9.86. The summed E-state index contributed by atoms with van der Waals surface area (Å²) < 4.78 is 11.5.